The van der Waals surface area contributed by atoms with Gasteiger partial charge in [0.05, 0.1) is 12.1 Å². The lowest BCUT2D eigenvalue weighted by atomic mass is 9.99. The first kappa shape index (κ1) is 14.2. The molecule has 0 aliphatic rings. The molecule has 0 spiro atoms. The van der Waals surface area contributed by atoms with E-state index >= 15 is 0 Å². The number of aryl methyl sites for hydroxylation is 1. The second-order valence-electron chi connectivity index (χ2n) is 4.49. The van der Waals surface area contributed by atoms with Crippen molar-refractivity contribution in [2.45, 2.75) is 32.7 Å². The Morgan fingerprint density at radius 2 is 2.18 bits per heavy atom. The fraction of sp³-hybridized carbons (Fsp3) is 0.462. The van der Waals surface area contributed by atoms with Crippen LogP contribution in [0.4, 0.5) is 0 Å². The minimum atomic E-state index is -0.564. The highest BCUT2D eigenvalue weighted by Gasteiger charge is 2.24. The molecule has 94 valence electrons. The second-order valence-corrected chi connectivity index (χ2v) is 5.40. The summed E-state index contributed by atoms with van der Waals surface area (Å²) in [6, 6.07) is 5.58. The zero-order chi connectivity index (χ0) is 13.1. The van der Waals surface area contributed by atoms with Gasteiger partial charge in [-0.15, -0.1) is 0 Å². The van der Waals surface area contributed by atoms with Gasteiger partial charge in [-0.1, -0.05) is 28.9 Å². The van der Waals surface area contributed by atoms with Crippen LogP contribution in [0, 0.1) is 6.92 Å². The maximum absolute atomic E-state index is 12.1. The third-order valence-corrected chi connectivity index (χ3v) is 3.48. The lowest BCUT2D eigenvalue weighted by molar-refractivity contribution is 0.0846. The van der Waals surface area contributed by atoms with Crippen LogP contribution in [-0.2, 0) is 0 Å². The van der Waals surface area contributed by atoms with Crippen LogP contribution in [0.2, 0.25) is 0 Å². The van der Waals surface area contributed by atoms with E-state index in [4.69, 9.17) is 0 Å². The predicted octanol–water partition coefficient (Wildman–Crippen LogP) is 2.65. The number of nitrogens with one attached hydrogen (secondary N) is 1. The number of hydrogen-bond donors (Lipinski definition) is 2. The molecule has 0 saturated carbocycles. The van der Waals surface area contributed by atoms with Gasteiger partial charge in [0.15, 0.2) is 0 Å². The molecule has 0 saturated heterocycles. The molecule has 1 aromatic rings. The number of carbonyl (C=O) groups excluding carboxylic acids is 1. The fourth-order valence-electron chi connectivity index (χ4n) is 1.42. The molecule has 0 aliphatic heterocycles. The minimum Gasteiger partial charge on any atom is -0.394 e. The molecule has 0 radical (unpaired) electrons. The maximum atomic E-state index is 12.1. The molecule has 1 aromatic carbocycles. The molecule has 2 N–H and O–H groups in total. The van der Waals surface area contributed by atoms with Gasteiger partial charge in [0.2, 0.25) is 0 Å². The van der Waals surface area contributed by atoms with Gasteiger partial charge in [-0.2, -0.15) is 0 Å². The summed E-state index contributed by atoms with van der Waals surface area (Å²) in [6.07, 6.45) is 0.683. The average molecular weight is 300 g/mol. The molecule has 0 aromatic heterocycles. The van der Waals surface area contributed by atoms with E-state index < -0.39 is 5.54 Å². The standard InChI is InChI=1S/C13H18BrNO2/c1-4-13(3,8-16)15-12(17)11-7-10(14)6-5-9(11)2/h5-7,16H,4,8H2,1-3H3,(H,15,17). The Labute approximate surface area is 110 Å². The first-order valence-electron chi connectivity index (χ1n) is 5.61. The highest BCUT2D eigenvalue weighted by molar-refractivity contribution is 9.10. The molecule has 0 bridgehead atoms. The highest BCUT2D eigenvalue weighted by atomic mass is 79.9. The van der Waals surface area contributed by atoms with Crippen molar-refractivity contribution in [1.29, 1.82) is 0 Å². The monoisotopic (exact) mass is 299 g/mol. The summed E-state index contributed by atoms with van der Waals surface area (Å²) in [4.78, 5) is 12.1. The van der Waals surface area contributed by atoms with E-state index in [2.05, 4.69) is 21.2 Å². The second kappa shape index (κ2) is 5.65. The lowest BCUT2D eigenvalue weighted by Gasteiger charge is -2.27. The predicted molar refractivity (Wildman–Crippen MR) is 72.1 cm³/mol. The molecule has 1 rings (SSSR count). The maximum Gasteiger partial charge on any atom is 0.252 e. The number of carbonyl (C=O) groups is 1. The van der Waals surface area contributed by atoms with Crippen LogP contribution in [-0.4, -0.2) is 23.2 Å². The molecular formula is C13H18BrNO2. The molecule has 0 fully saturated rings. The molecule has 1 atom stereocenters. The molecular weight excluding hydrogens is 282 g/mol. The third kappa shape index (κ3) is 3.54. The van der Waals surface area contributed by atoms with E-state index in [0.717, 1.165) is 10.0 Å². The molecule has 0 heterocycles. The number of rotatable bonds is 4. The van der Waals surface area contributed by atoms with Crippen LogP contribution in [0.1, 0.15) is 36.2 Å². The zero-order valence-corrected chi connectivity index (χ0v) is 12.0. The van der Waals surface area contributed by atoms with E-state index in [9.17, 15) is 9.90 Å². The first-order valence-corrected chi connectivity index (χ1v) is 6.40. The smallest absolute Gasteiger partial charge is 0.252 e. The van der Waals surface area contributed by atoms with Crippen LogP contribution >= 0.6 is 15.9 Å². The van der Waals surface area contributed by atoms with Crippen molar-refractivity contribution < 1.29 is 9.90 Å². The van der Waals surface area contributed by atoms with Crippen molar-refractivity contribution in [1.82, 2.24) is 5.32 Å². The third-order valence-electron chi connectivity index (χ3n) is 2.99. The van der Waals surface area contributed by atoms with Crippen molar-refractivity contribution in [2.24, 2.45) is 0 Å². The van der Waals surface area contributed by atoms with Gasteiger partial charge >= 0.3 is 0 Å². The average Bonchev–Trinajstić information content (AvgIpc) is 2.32. The summed E-state index contributed by atoms with van der Waals surface area (Å²) in [5.74, 6) is -0.151. The van der Waals surface area contributed by atoms with Crippen LogP contribution in [0.15, 0.2) is 22.7 Å². The normalized spacial score (nSPS) is 14.2. The topological polar surface area (TPSA) is 49.3 Å². The summed E-state index contributed by atoms with van der Waals surface area (Å²) >= 11 is 3.35. The lowest BCUT2D eigenvalue weighted by Crippen LogP contribution is -2.48. The van der Waals surface area contributed by atoms with Crippen LogP contribution in [0.25, 0.3) is 0 Å². The van der Waals surface area contributed by atoms with Gasteiger partial charge in [0.1, 0.15) is 0 Å². The number of benzene rings is 1. The Hall–Kier alpha value is -0.870. The van der Waals surface area contributed by atoms with Crippen molar-refractivity contribution >= 4 is 21.8 Å². The number of halogens is 1. The summed E-state index contributed by atoms with van der Waals surface area (Å²) in [5, 5.41) is 12.1. The summed E-state index contributed by atoms with van der Waals surface area (Å²) in [7, 11) is 0. The summed E-state index contributed by atoms with van der Waals surface area (Å²) in [5.41, 5.74) is 0.987. The Kier molecular flexibility index (Phi) is 4.71. The van der Waals surface area contributed by atoms with Gasteiger partial charge in [-0.05, 0) is 38.0 Å². The Morgan fingerprint density at radius 3 is 2.71 bits per heavy atom. The number of amides is 1. The van der Waals surface area contributed by atoms with E-state index in [-0.39, 0.29) is 12.5 Å². The highest BCUT2D eigenvalue weighted by Crippen LogP contribution is 2.17. The molecule has 3 nitrogen and oxygen atoms in total. The largest absolute Gasteiger partial charge is 0.394 e. The number of hydrogen-bond acceptors (Lipinski definition) is 2. The van der Waals surface area contributed by atoms with Gasteiger partial charge < -0.3 is 10.4 Å². The number of aliphatic hydroxyl groups excluding tert-OH is 1. The number of aliphatic hydroxyl groups is 1. The van der Waals surface area contributed by atoms with Crippen molar-refractivity contribution in [2.75, 3.05) is 6.61 Å². The van der Waals surface area contributed by atoms with Crippen LogP contribution < -0.4 is 5.32 Å². The summed E-state index contributed by atoms with van der Waals surface area (Å²) < 4.78 is 0.871. The Morgan fingerprint density at radius 1 is 1.53 bits per heavy atom. The summed E-state index contributed by atoms with van der Waals surface area (Å²) in [6.45, 7) is 5.59. The van der Waals surface area contributed by atoms with Crippen molar-refractivity contribution in [3.63, 3.8) is 0 Å². The Bertz CT molecular complexity index is 414. The quantitative estimate of drug-likeness (QED) is 0.898. The zero-order valence-electron chi connectivity index (χ0n) is 10.4. The molecule has 1 unspecified atom stereocenters. The SMILES string of the molecule is CCC(C)(CO)NC(=O)c1cc(Br)ccc1C. The fourth-order valence-corrected chi connectivity index (χ4v) is 1.78. The molecule has 4 heteroatoms. The first-order chi connectivity index (χ1) is 7.91. The van der Waals surface area contributed by atoms with E-state index in [1.807, 2.05) is 32.9 Å². The molecule has 0 aliphatic carbocycles. The Balaban J connectivity index is 2.94. The molecule has 17 heavy (non-hydrogen) atoms. The van der Waals surface area contributed by atoms with E-state index in [0.29, 0.717) is 12.0 Å². The van der Waals surface area contributed by atoms with E-state index in [1.54, 1.807) is 6.07 Å². The minimum absolute atomic E-state index is 0.0672. The van der Waals surface area contributed by atoms with Gasteiger partial charge in [0.25, 0.3) is 5.91 Å². The van der Waals surface area contributed by atoms with Gasteiger partial charge in [0, 0.05) is 10.0 Å². The van der Waals surface area contributed by atoms with Crippen LogP contribution in [0.3, 0.4) is 0 Å². The van der Waals surface area contributed by atoms with Crippen LogP contribution in [0.5, 0.6) is 0 Å². The van der Waals surface area contributed by atoms with Crippen molar-refractivity contribution in [3.05, 3.63) is 33.8 Å². The van der Waals surface area contributed by atoms with Gasteiger partial charge in [-0.3, -0.25) is 4.79 Å². The van der Waals surface area contributed by atoms with E-state index in [1.165, 1.54) is 0 Å². The molecule has 1 amide bonds. The van der Waals surface area contributed by atoms with Crippen molar-refractivity contribution in [3.8, 4) is 0 Å². The van der Waals surface area contributed by atoms with Gasteiger partial charge in [-0.25, -0.2) is 0 Å².